The number of hydrogen-bond donors (Lipinski definition) is 0. The van der Waals surface area contributed by atoms with Gasteiger partial charge in [0.05, 0.1) is 13.7 Å². The van der Waals surface area contributed by atoms with Crippen molar-refractivity contribution in [3.05, 3.63) is 83.4 Å². The summed E-state index contributed by atoms with van der Waals surface area (Å²) in [4.78, 5) is 29.3. The van der Waals surface area contributed by atoms with Crippen molar-refractivity contribution in [2.45, 2.75) is 32.6 Å². The number of nitrogens with zero attached hydrogens (tertiary/aromatic N) is 1. The van der Waals surface area contributed by atoms with Crippen molar-refractivity contribution in [3.63, 3.8) is 0 Å². The van der Waals surface area contributed by atoms with Crippen molar-refractivity contribution < 1.29 is 19.1 Å². The van der Waals surface area contributed by atoms with E-state index in [1.807, 2.05) is 60.7 Å². The molecule has 0 radical (unpaired) electrons. The lowest BCUT2D eigenvalue weighted by molar-refractivity contribution is 0.101. The van der Waals surface area contributed by atoms with E-state index in [-0.39, 0.29) is 11.6 Å². The number of fused-ring (bicyclic) bond motifs is 1. The minimum atomic E-state index is -0.0470. The second-order valence-electron chi connectivity index (χ2n) is 9.76. The minimum Gasteiger partial charge on any atom is -0.497 e. The summed E-state index contributed by atoms with van der Waals surface area (Å²) in [5, 5.41) is 0.855. The third-order valence-electron chi connectivity index (χ3n) is 7.13. The lowest BCUT2D eigenvalue weighted by atomic mass is 9.97. The summed E-state index contributed by atoms with van der Waals surface area (Å²) < 4.78 is 12.2. The number of likely N-dealkylation sites (tertiary alicyclic amines) is 1. The Kier molecular flexibility index (Phi) is 8.20. The SMILES string of the molecule is COc1ccc(-c2sc3cc(C(C)=O)ccc3c2C(=O)c2ccc(OCCCN3CCCCC3)cc2)cc1. The molecular formula is C32H33NO4S. The standard InChI is InChI=1S/C32H33NO4S/c1-22(34)25-11-16-28-29(21-25)38-32(24-9-12-26(36-2)13-10-24)30(28)31(35)23-7-14-27(15-8-23)37-20-6-19-33-17-4-3-5-18-33/h7-16,21H,3-6,17-20H2,1-2H3. The van der Waals surface area contributed by atoms with Crippen LogP contribution in [0.25, 0.3) is 20.5 Å². The van der Waals surface area contributed by atoms with Crippen molar-refractivity contribution in [1.29, 1.82) is 0 Å². The van der Waals surface area contributed by atoms with Crippen LogP contribution in [0.15, 0.2) is 66.7 Å². The van der Waals surface area contributed by atoms with Crippen LogP contribution >= 0.6 is 11.3 Å². The smallest absolute Gasteiger partial charge is 0.195 e. The summed E-state index contributed by atoms with van der Waals surface area (Å²) in [5.74, 6) is 1.49. The summed E-state index contributed by atoms with van der Waals surface area (Å²) in [6.45, 7) is 5.69. The maximum atomic E-state index is 13.9. The number of ketones is 2. The van der Waals surface area contributed by atoms with E-state index >= 15 is 0 Å². The molecule has 0 bridgehead atoms. The Morgan fingerprint density at radius 1 is 0.868 bits per heavy atom. The molecule has 4 aromatic rings. The van der Waals surface area contributed by atoms with Crippen molar-refractivity contribution in [1.82, 2.24) is 4.90 Å². The van der Waals surface area contributed by atoms with Crippen LogP contribution in [0.3, 0.4) is 0 Å². The molecule has 3 aromatic carbocycles. The Morgan fingerprint density at radius 3 is 2.24 bits per heavy atom. The molecule has 5 rings (SSSR count). The van der Waals surface area contributed by atoms with Gasteiger partial charge in [-0.05, 0) is 99.4 Å². The first kappa shape index (κ1) is 26.1. The summed E-state index contributed by atoms with van der Waals surface area (Å²) >= 11 is 1.53. The van der Waals surface area contributed by atoms with Gasteiger partial charge in [0, 0.05) is 38.2 Å². The van der Waals surface area contributed by atoms with Gasteiger partial charge in [-0.25, -0.2) is 0 Å². The zero-order valence-corrected chi connectivity index (χ0v) is 22.8. The Hall–Kier alpha value is -3.48. The molecule has 1 aliphatic heterocycles. The number of piperidine rings is 1. The highest BCUT2D eigenvalue weighted by Gasteiger charge is 2.22. The number of rotatable bonds is 10. The van der Waals surface area contributed by atoms with E-state index in [0.717, 1.165) is 45.0 Å². The number of benzene rings is 3. The van der Waals surface area contributed by atoms with Gasteiger partial charge in [-0.3, -0.25) is 9.59 Å². The van der Waals surface area contributed by atoms with Crippen LogP contribution in [0.1, 0.15) is 58.9 Å². The zero-order chi connectivity index (χ0) is 26.5. The summed E-state index contributed by atoms with van der Waals surface area (Å²) in [5.41, 5.74) is 2.84. The lowest BCUT2D eigenvalue weighted by Crippen LogP contribution is -2.31. The van der Waals surface area contributed by atoms with Gasteiger partial charge in [-0.15, -0.1) is 11.3 Å². The molecule has 196 valence electrons. The van der Waals surface area contributed by atoms with Crippen LogP contribution in [-0.2, 0) is 0 Å². The number of thiophene rings is 1. The molecule has 6 heteroatoms. The zero-order valence-electron chi connectivity index (χ0n) is 22.0. The minimum absolute atomic E-state index is 0.00527. The predicted octanol–water partition coefficient (Wildman–Crippen LogP) is 7.27. The second-order valence-corrected chi connectivity index (χ2v) is 10.8. The van der Waals surface area contributed by atoms with Crippen LogP contribution in [0, 0.1) is 0 Å². The molecule has 1 fully saturated rings. The molecule has 0 spiro atoms. The van der Waals surface area contributed by atoms with E-state index in [4.69, 9.17) is 9.47 Å². The fourth-order valence-electron chi connectivity index (χ4n) is 4.99. The first-order valence-electron chi connectivity index (χ1n) is 13.3. The summed E-state index contributed by atoms with van der Waals surface area (Å²) in [7, 11) is 1.63. The van der Waals surface area contributed by atoms with Gasteiger partial charge in [0.15, 0.2) is 11.6 Å². The molecule has 0 amide bonds. The van der Waals surface area contributed by atoms with E-state index in [2.05, 4.69) is 4.90 Å². The highest BCUT2D eigenvalue weighted by atomic mass is 32.1. The fourth-order valence-corrected chi connectivity index (χ4v) is 6.24. The van der Waals surface area contributed by atoms with Gasteiger partial charge in [0.2, 0.25) is 0 Å². The van der Waals surface area contributed by atoms with Crippen LogP contribution < -0.4 is 9.47 Å². The van der Waals surface area contributed by atoms with Crippen molar-refractivity contribution in [3.8, 4) is 21.9 Å². The molecule has 2 heterocycles. The molecule has 0 saturated carbocycles. The Labute approximate surface area is 228 Å². The topological polar surface area (TPSA) is 55.8 Å². The Morgan fingerprint density at radius 2 is 1.55 bits per heavy atom. The number of hydrogen-bond acceptors (Lipinski definition) is 6. The number of ether oxygens (including phenoxy) is 2. The molecular weight excluding hydrogens is 494 g/mol. The molecule has 1 aromatic heterocycles. The first-order valence-corrected chi connectivity index (χ1v) is 14.1. The molecule has 0 unspecified atom stereocenters. The normalized spacial score (nSPS) is 13.9. The number of carbonyl (C=O) groups is 2. The van der Waals surface area contributed by atoms with Crippen LogP contribution in [0.2, 0.25) is 0 Å². The average molecular weight is 528 g/mol. The van der Waals surface area contributed by atoms with Gasteiger partial charge >= 0.3 is 0 Å². The highest BCUT2D eigenvalue weighted by molar-refractivity contribution is 7.22. The number of Topliss-reactive ketones (excluding diaryl/α,β-unsaturated/α-hetero) is 1. The molecule has 1 saturated heterocycles. The molecule has 1 aliphatic rings. The largest absolute Gasteiger partial charge is 0.497 e. The lowest BCUT2D eigenvalue weighted by Gasteiger charge is -2.26. The van der Waals surface area contributed by atoms with Gasteiger partial charge in [0.1, 0.15) is 11.5 Å². The first-order chi connectivity index (χ1) is 18.5. The third-order valence-corrected chi connectivity index (χ3v) is 8.33. The van der Waals surface area contributed by atoms with Gasteiger partial charge in [-0.2, -0.15) is 0 Å². The van der Waals surface area contributed by atoms with Crippen LogP contribution in [0.5, 0.6) is 11.5 Å². The second kappa shape index (κ2) is 11.9. The molecule has 0 aliphatic carbocycles. The average Bonchev–Trinajstić information content (AvgIpc) is 3.34. The van der Waals surface area contributed by atoms with Crippen molar-refractivity contribution in [2.75, 3.05) is 33.4 Å². The Balaban J connectivity index is 1.37. The van der Waals surface area contributed by atoms with Gasteiger partial charge < -0.3 is 14.4 Å². The van der Waals surface area contributed by atoms with E-state index in [9.17, 15) is 9.59 Å². The molecule has 0 N–H and O–H groups in total. The Bertz CT molecular complexity index is 1420. The van der Waals surface area contributed by atoms with E-state index in [1.165, 1.54) is 43.7 Å². The molecule has 5 nitrogen and oxygen atoms in total. The predicted molar refractivity (Wildman–Crippen MR) is 154 cm³/mol. The third kappa shape index (κ3) is 5.82. The quantitative estimate of drug-likeness (QED) is 0.160. The summed E-state index contributed by atoms with van der Waals surface area (Å²) in [6, 6.07) is 20.7. The van der Waals surface area contributed by atoms with Gasteiger partial charge in [0.25, 0.3) is 0 Å². The maximum Gasteiger partial charge on any atom is 0.195 e. The van der Waals surface area contributed by atoms with Crippen molar-refractivity contribution in [2.24, 2.45) is 0 Å². The van der Waals surface area contributed by atoms with Crippen LogP contribution in [0.4, 0.5) is 0 Å². The fraction of sp³-hybridized carbons (Fsp3) is 0.312. The number of carbonyl (C=O) groups excluding carboxylic acids is 2. The maximum absolute atomic E-state index is 13.9. The molecule has 38 heavy (non-hydrogen) atoms. The van der Waals surface area contributed by atoms with Crippen LogP contribution in [-0.4, -0.2) is 49.8 Å². The summed E-state index contributed by atoms with van der Waals surface area (Å²) in [6.07, 6.45) is 4.94. The monoisotopic (exact) mass is 527 g/mol. The van der Waals surface area contributed by atoms with E-state index in [0.29, 0.717) is 23.3 Å². The van der Waals surface area contributed by atoms with E-state index in [1.54, 1.807) is 20.1 Å². The van der Waals surface area contributed by atoms with E-state index < -0.39 is 0 Å². The van der Waals surface area contributed by atoms with Gasteiger partial charge in [-0.1, -0.05) is 18.6 Å². The number of methoxy groups -OCH3 is 1. The highest BCUT2D eigenvalue weighted by Crippen LogP contribution is 2.41. The van der Waals surface area contributed by atoms with Crippen molar-refractivity contribution >= 4 is 33.0 Å². The molecule has 0 atom stereocenters.